The molecule has 3 heterocycles. The summed E-state index contributed by atoms with van der Waals surface area (Å²) in [6.45, 7) is 3.76. The van der Waals surface area contributed by atoms with Gasteiger partial charge < -0.3 is 0 Å². The topological polar surface area (TPSA) is 62.6 Å². The molecule has 1 saturated heterocycles. The molecule has 0 aromatic heterocycles. The zero-order valence-corrected chi connectivity index (χ0v) is 18.1. The average Bonchev–Trinajstić information content (AvgIpc) is 2.91. The van der Waals surface area contributed by atoms with Gasteiger partial charge in [0.2, 0.25) is 0 Å². The number of nitrogens with zero attached hydrogens (tertiary/aromatic N) is 8. The average molecular weight is 380 g/mol. The molecule has 0 unspecified atom stereocenters. The van der Waals surface area contributed by atoms with E-state index in [4.69, 9.17) is 19.3 Å². The summed E-state index contributed by atoms with van der Waals surface area (Å²) in [6, 6.07) is 0. The first-order valence-corrected chi connectivity index (χ1v) is 11.7. The van der Waals surface area contributed by atoms with Gasteiger partial charge in [-0.2, -0.15) is 0 Å². The van der Waals surface area contributed by atoms with Crippen LogP contribution < -0.4 is 0 Å². The van der Waals surface area contributed by atoms with Gasteiger partial charge in [0, 0.05) is 0 Å². The van der Waals surface area contributed by atoms with Gasteiger partial charge in [0.15, 0.2) is 0 Å². The van der Waals surface area contributed by atoms with Crippen molar-refractivity contribution < 1.29 is 9.05 Å². The number of hydrogen-bond acceptors (Lipinski definition) is 10. The molecule has 24 heavy (non-hydrogen) atoms. The van der Waals surface area contributed by atoms with Crippen molar-refractivity contribution in [2.75, 3.05) is 56.4 Å². The Morgan fingerprint density at radius 3 is 1.08 bits per heavy atom. The van der Waals surface area contributed by atoms with Gasteiger partial charge in [0.05, 0.1) is 0 Å². The van der Waals surface area contributed by atoms with Gasteiger partial charge in [-0.05, 0) is 0 Å². The molecular weight excluding hydrogens is 350 g/mol. The van der Waals surface area contributed by atoms with Crippen LogP contribution in [-0.4, -0.2) is 96.0 Å². The summed E-state index contributed by atoms with van der Waals surface area (Å²) in [5.41, 5.74) is 0. The van der Waals surface area contributed by atoms with E-state index in [1.807, 2.05) is 70.2 Å². The van der Waals surface area contributed by atoms with Crippen LogP contribution in [-0.2, 0) is 9.05 Å². The van der Waals surface area contributed by atoms with Gasteiger partial charge in [-0.25, -0.2) is 0 Å². The molecule has 0 aliphatic carbocycles. The number of rotatable bonds is 4. The van der Waals surface area contributed by atoms with Crippen LogP contribution in [0.15, 0.2) is 10.2 Å². The van der Waals surface area contributed by atoms with E-state index in [9.17, 15) is 0 Å². The second-order valence-electron chi connectivity index (χ2n) is 7.07. The fourth-order valence-corrected chi connectivity index (χ4v) is 20.6. The number of fused-ring (bicyclic) bond motifs is 4. The van der Waals surface area contributed by atoms with E-state index in [1.54, 1.807) is 0 Å². The van der Waals surface area contributed by atoms with Gasteiger partial charge >= 0.3 is 144 Å². The molecular formula is C12H30N8O2P2. The third kappa shape index (κ3) is 1.26. The molecule has 0 aromatic carbocycles. The zero-order valence-electron chi connectivity index (χ0n) is 16.3. The normalized spacial score (nSPS) is 31.1. The van der Waals surface area contributed by atoms with Crippen LogP contribution in [0.25, 0.3) is 0 Å². The van der Waals surface area contributed by atoms with Crippen LogP contribution in [0.3, 0.4) is 0 Å². The molecule has 140 valence electrons. The first-order chi connectivity index (χ1) is 10.9. The third-order valence-corrected chi connectivity index (χ3v) is 18.5. The molecule has 0 radical (unpaired) electrons. The van der Waals surface area contributed by atoms with E-state index >= 15 is 0 Å². The molecule has 0 atom stereocenters. The third-order valence-electron chi connectivity index (χ3n) is 5.10. The van der Waals surface area contributed by atoms with E-state index in [0.29, 0.717) is 11.8 Å². The molecule has 12 heteroatoms. The van der Waals surface area contributed by atoms with Crippen molar-refractivity contribution in [2.45, 2.75) is 13.8 Å². The van der Waals surface area contributed by atoms with Crippen LogP contribution in [0.2, 0.25) is 0 Å². The second kappa shape index (κ2) is 4.50. The van der Waals surface area contributed by atoms with Crippen molar-refractivity contribution in [1.29, 1.82) is 0 Å². The Kier molecular flexibility index (Phi) is 3.38. The monoisotopic (exact) mass is 380 g/mol. The van der Waals surface area contributed by atoms with E-state index in [0.717, 1.165) is 0 Å². The Balaban J connectivity index is 2.43. The summed E-state index contributed by atoms with van der Waals surface area (Å²) in [5, 5.41) is 9.69. The molecule has 3 aliphatic rings. The van der Waals surface area contributed by atoms with Crippen LogP contribution in [0.1, 0.15) is 13.8 Å². The van der Waals surface area contributed by atoms with E-state index in [-0.39, 0.29) is 0 Å². The molecule has 3 aliphatic heterocycles. The second-order valence-corrected chi connectivity index (χ2v) is 16.2. The van der Waals surface area contributed by atoms with Gasteiger partial charge in [0.1, 0.15) is 0 Å². The summed E-state index contributed by atoms with van der Waals surface area (Å²) in [5.74, 6) is 1.24. The maximum absolute atomic E-state index is 6.55. The van der Waals surface area contributed by atoms with Gasteiger partial charge in [-0.15, -0.1) is 0 Å². The number of hydrogen-bond donors (Lipinski definition) is 0. The SMILES string of the molecule is CC1=NN2P(N(C)C)(N(C)C)(O1)N1N=C(C)OP21(N(C)C)N(C)C. The molecule has 0 aromatic rings. The Morgan fingerprint density at radius 2 is 0.875 bits per heavy atom. The predicted octanol–water partition coefficient (Wildman–Crippen LogP) is 1.83. The first kappa shape index (κ1) is 18.0. The molecule has 3 rings (SSSR count). The first-order valence-electron chi connectivity index (χ1n) is 7.80. The van der Waals surface area contributed by atoms with Gasteiger partial charge in [0.25, 0.3) is 0 Å². The van der Waals surface area contributed by atoms with E-state index in [2.05, 4.69) is 27.8 Å². The van der Waals surface area contributed by atoms with Crippen molar-refractivity contribution in [1.82, 2.24) is 27.8 Å². The van der Waals surface area contributed by atoms with Crippen LogP contribution in [0.4, 0.5) is 0 Å². The summed E-state index contributed by atoms with van der Waals surface area (Å²) in [7, 11) is 9.23. The van der Waals surface area contributed by atoms with Crippen molar-refractivity contribution in [3.63, 3.8) is 0 Å². The summed E-state index contributed by atoms with van der Waals surface area (Å²) in [4.78, 5) is 0. The van der Waals surface area contributed by atoms with Crippen LogP contribution in [0, 0.1) is 0 Å². The fourth-order valence-electron chi connectivity index (χ4n) is 4.20. The zero-order chi connectivity index (χ0) is 18.3. The Morgan fingerprint density at radius 1 is 0.625 bits per heavy atom. The molecule has 1 fully saturated rings. The molecule has 0 amide bonds. The Hall–Kier alpha value is -0.760. The van der Waals surface area contributed by atoms with E-state index < -0.39 is 14.9 Å². The summed E-state index contributed by atoms with van der Waals surface area (Å²) in [6.07, 6.45) is 0. The van der Waals surface area contributed by atoms with E-state index in [1.165, 1.54) is 0 Å². The Bertz CT molecular complexity index is 573. The van der Waals surface area contributed by atoms with Crippen molar-refractivity contribution in [3.05, 3.63) is 0 Å². The molecule has 0 spiro atoms. The van der Waals surface area contributed by atoms with Crippen LogP contribution >= 0.6 is 14.9 Å². The molecule has 0 bridgehead atoms. The van der Waals surface area contributed by atoms with Gasteiger partial charge in [-0.1, -0.05) is 0 Å². The molecule has 0 saturated carbocycles. The van der Waals surface area contributed by atoms with Crippen LogP contribution in [0.5, 0.6) is 0 Å². The minimum absolute atomic E-state index is 0.619. The van der Waals surface area contributed by atoms with Crippen molar-refractivity contribution >= 4 is 26.7 Å². The molecule has 0 N–H and O–H groups in total. The maximum atomic E-state index is 6.55. The fraction of sp³-hybridized carbons (Fsp3) is 0.833. The Labute approximate surface area is 144 Å². The van der Waals surface area contributed by atoms with Gasteiger partial charge in [-0.3, -0.25) is 0 Å². The number of hydrazone groups is 2. The standard InChI is InChI=1S/C12H30N8O2P2/c1-11-13-19-23(21-11,15(3)4,16(5)6)20-14-12(2)22-24(19,20,17(7)8)18(9)10/h1-10H3. The quantitative estimate of drug-likeness (QED) is 0.685. The molecule has 10 nitrogen and oxygen atoms in total. The summed E-state index contributed by atoms with van der Waals surface area (Å²) < 4.78 is 25.7. The minimum atomic E-state index is -3.43. The van der Waals surface area contributed by atoms with Crippen molar-refractivity contribution in [3.8, 4) is 0 Å². The predicted molar refractivity (Wildman–Crippen MR) is 101 cm³/mol. The summed E-state index contributed by atoms with van der Waals surface area (Å²) >= 11 is 0. The van der Waals surface area contributed by atoms with Crippen molar-refractivity contribution in [2.24, 2.45) is 10.2 Å².